The summed E-state index contributed by atoms with van der Waals surface area (Å²) in [5.74, 6) is 0.634. The summed E-state index contributed by atoms with van der Waals surface area (Å²) in [7, 11) is 0. The number of nitrogens with zero attached hydrogens (tertiary/aromatic N) is 4. The number of amides is 2. The molecule has 1 fully saturated rings. The van der Waals surface area contributed by atoms with Crippen molar-refractivity contribution in [2.45, 2.75) is 32.2 Å². The van der Waals surface area contributed by atoms with E-state index < -0.39 is 6.09 Å². The molecule has 2 atom stereocenters. The molecule has 194 valence electrons. The van der Waals surface area contributed by atoms with Crippen LogP contribution in [0.25, 0.3) is 0 Å². The highest BCUT2D eigenvalue weighted by atomic mass is 35.5. The van der Waals surface area contributed by atoms with Crippen LogP contribution in [-0.2, 0) is 0 Å². The number of aryl methyl sites for hydroxylation is 2. The minimum Gasteiger partial charge on any atom is -0.465 e. The molecule has 0 radical (unpaired) electrons. The number of nitrogens with one attached hydrogen (secondary N) is 2. The van der Waals surface area contributed by atoms with Crippen molar-refractivity contribution in [2.24, 2.45) is 0 Å². The van der Waals surface area contributed by atoms with E-state index in [9.17, 15) is 14.7 Å². The number of para-hydroxylation sites is 1. The first-order valence-electron chi connectivity index (χ1n) is 12.0. The van der Waals surface area contributed by atoms with Gasteiger partial charge in [0.2, 0.25) is 0 Å². The molecular weight excluding hydrogens is 524 g/mol. The third-order valence-corrected chi connectivity index (χ3v) is 7.67. The zero-order valence-electron chi connectivity index (χ0n) is 20.7. The van der Waals surface area contributed by atoms with Gasteiger partial charge in [-0.15, -0.1) is 0 Å². The fourth-order valence-corrected chi connectivity index (χ4v) is 5.72. The molecule has 5 rings (SSSR count). The number of benzene rings is 2. The number of hydrogen-bond acceptors (Lipinski definition) is 7. The molecule has 1 saturated heterocycles. The zero-order chi connectivity index (χ0) is 26.8. The van der Waals surface area contributed by atoms with Gasteiger partial charge in [0.25, 0.3) is 5.91 Å². The fraction of sp³-hybridized carbons (Fsp3) is 0.222. The molecule has 3 N–H and O–H groups in total. The van der Waals surface area contributed by atoms with E-state index in [0.29, 0.717) is 45.3 Å². The normalized spacial score (nSPS) is 16.9. The molecule has 1 aliphatic heterocycles. The summed E-state index contributed by atoms with van der Waals surface area (Å²) in [6.07, 6.45) is 1.19. The standard InChI is InChI=1S/C27H25ClN6O3S/c1-15-7-6-10-19(28)23(15)33-25(35)21-14-29-26(38-21)32-22-13-20(30-16(2)31-22)18-11-12-34(27(36)37)24(18)17-8-4-3-5-9-17/h3-10,13-14,18,24H,11-12H2,1-2H3,(H,33,35)(H,36,37)(H,29,30,31,32). The summed E-state index contributed by atoms with van der Waals surface area (Å²) < 4.78 is 0. The van der Waals surface area contributed by atoms with Gasteiger partial charge >= 0.3 is 6.09 Å². The molecule has 38 heavy (non-hydrogen) atoms. The number of carbonyl (C=O) groups excluding carboxylic acids is 1. The van der Waals surface area contributed by atoms with E-state index in [-0.39, 0.29) is 17.9 Å². The number of carbonyl (C=O) groups is 2. The minimum atomic E-state index is -0.953. The van der Waals surface area contributed by atoms with Crippen molar-refractivity contribution in [2.75, 3.05) is 17.2 Å². The van der Waals surface area contributed by atoms with Gasteiger partial charge in [0.15, 0.2) is 5.13 Å². The SMILES string of the molecule is Cc1nc(Nc2ncc(C(=O)Nc3c(C)cccc3Cl)s2)cc(C2CCN(C(=O)O)C2c2ccccc2)n1. The number of thiazole rings is 1. The molecule has 0 bridgehead atoms. The summed E-state index contributed by atoms with van der Waals surface area (Å²) in [5.41, 5.74) is 3.10. The van der Waals surface area contributed by atoms with Crippen LogP contribution in [0.2, 0.25) is 5.02 Å². The molecule has 0 spiro atoms. The minimum absolute atomic E-state index is 0.132. The number of carboxylic acid groups (broad SMARTS) is 1. The maximum absolute atomic E-state index is 12.8. The molecule has 4 aromatic rings. The summed E-state index contributed by atoms with van der Waals surface area (Å²) in [4.78, 5) is 40.2. The Morgan fingerprint density at radius 2 is 1.89 bits per heavy atom. The molecule has 2 amide bonds. The third kappa shape index (κ3) is 5.32. The zero-order valence-corrected chi connectivity index (χ0v) is 22.3. The second-order valence-corrected chi connectivity index (χ2v) is 10.4. The van der Waals surface area contributed by atoms with Crippen LogP contribution in [0.4, 0.5) is 21.4 Å². The number of halogens is 1. The highest BCUT2D eigenvalue weighted by molar-refractivity contribution is 7.17. The van der Waals surface area contributed by atoms with E-state index in [4.69, 9.17) is 11.6 Å². The van der Waals surface area contributed by atoms with Crippen LogP contribution in [0.3, 0.4) is 0 Å². The Kier molecular flexibility index (Phi) is 7.26. The van der Waals surface area contributed by atoms with E-state index in [2.05, 4.69) is 25.6 Å². The molecule has 0 aliphatic carbocycles. The van der Waals surface area contributed by atoms with Crippen LogP contribution in [-0.4, -0.2) is 43.5 Å². The number of anilines is 3. The van der Waals surface area contributed by atoms with Crippen LogP contribution in [0.5, 0.6) is 0 Å². The average molecular weight is 549 g/mol. The first kappa shape index (κ1) is 25.6. The van der Waals surface area contributed by atoms with Gasteiger partial charge in [0, 0.05) is 18.5 Å². The topological polar surface area (TPSA) is 120 Å². The van der Waals surface area contributed by atoms with E-state index >= 15 is 0 Å². The van der Waals surface area contributed by atoms with Crippen molar-refractivity contribution in [3.8, 4) is 0 Å². The van der Waals surface area contributed by atoms with Gasteiger partial charge in [-0.3, -0.25) is 4.79 Å². The first-order chi connectivity index (χ1) is 18.3. The van der Waals surface area contributed by atoms with E-state index in [1.54, 1.807) is 13.0 Å². The molecular formula is C27H25ClN6O3S. The molecule has 9 nitrogen and oxygen atoms in total. The summed E-state index contributed by atoms with van der Waals surface area (Å²) >= 11 is 7.43. The molecule has 2 aromatic carbocycles. The highest BCUT2D eigenvalue weighted by Crippen LogP contribution is 2.43. The lowest BCUT2D eigenvalue weighted by molar-refractivity contribution is 0.103. The van der Waals surface area contributed by atoms with Gasteiger partial charge in [-0.25, -0.2) is 19.7 Å². The average Bonchev–Trinajstić information content (AvgIpc) is 3.54. The van der Waals surface area contributed by atoms with Gasteiger partial charge in [-0.1, -0.05) is 65.4 Å². The lowest BCUT2D eigenvalue weighted by atomic mass is 9.90. The van der Waals surface area contributed by atoms with Crippen molar-refractivity contribution < 1.29 is 14.7 Å². The summed E-state index contributed by atoms with van der Waals surface area (Å²) in [6, 6.07) is 16.5. The van der Waals surface area contributed by atoms with Crippen LogP contribution < -0.4 is 10.6 Å². The van der Waals surface area contributed by atoms with Crippen molar-refractivity contribution in [3.63, 3.8) is 0 Å². The molecule has 0 saturated carbocycles. The van der Waals surface area contributed by atoms with Crippen LogP contribution in [0, 0.1) is 13.8 Å². The molecule has 3 heterocycles. The second kappa shape index (κ2) is 10.8. The predicted octanol–water partition coefficient (Wildman–Crippen LogP) is 6.41. The van der Waals surface area contributed by atoms with Crippen molar-refractivity contribution in [3.05, 3.63) is 93.3 Å². The molecule has 1 aliphatic rings. The Balaban J connectivity index is 1.37. The maximum atomic E-state index is 12.8. The highest BCUT2D eigenvalue weighted by Gasteiger charge is 2.40. The van der Waals surface area contributed by atoms with Gasteiger partial charge in [-0.05, 0) is 37.5 Å². The van der Waals surface area contributed by atoms with E-state index in [1.807, 2.05) is 55.5 Å². The molecule has 2 aromatic heterocycles. The van der Waals surface area contributed by atoms with Crippen LogP contribution in [0.1, 0.15) is 50.7 Å². The Bertz CT molecular complexity index is 1480. The van der Waals surface area contributed by atoms with E-state index in [0.717, 1.165) is 16.8 Å². The number of hydrogen-bond donors (Lipinski definition) is 3. The number of rotatable bonds is 6. The van der Waals surface area contributed by atoms with Crippen molar-refractivity contribution >= 4 is 51.6 Å². The lowest BCUT2D eigenvalue weighted by Crippen LogP contribution is -2.30. The maximum Gasteiger partial charge on any atom is 0.407 e. The quantitative estimate of drug-likeness (QED) is 0.254. The Morgan fingerprint density at radius 1 is 1.11 bits per heavy atom. The summed E-state index contributed by atoms with van der Waals surface area (Å²) in [6.45, 7) is 4.09. The largest absolute Gasteiger partial charge is 0.465 e. The van der Waals surface area contributed by atoms with Gasteiger partial charge in [0.05, 0.1) is 28.6 Å². The number of likely N-dealkylation sites (tertiary alicyclic amines) is 1. The van der Waals surface area contributed by atoms with Crippen LogP contribution >= 0.6 is 22.9 Å². The van der Waals surface area contributed by atoms with Gasteiger partial charge in [0.1, 0.15) is 16.5 Å². The van der Waals surface area contributed by atoms with Crippen molar-refractivity contribution in [1.29, 1.82) is 0 Å². The van der Waals surface area contributed by atoms with Gasteiger partial charge in [-0.2, -0.15) is 0 Å². The Morgan fingerprint density at radius 3 is 2.63 bits per heavy atom. The van der Waals surface area contributed by atoms with Gasteiger partial charge < -0.3 is 20.6 Å². The Labute approximate surface area is 228 Å². The van der Waals surface area contributed by atoms with Crippen molar-refractivity contribution in [1.82, 2.24) is 19.9 Å². The third-order valence-electron chi connectivity index (χ3n) is 6.45. The summed E-state index contributed by atoms with van der Waals surface area (Å²) in [5, 5.41) is 16.8. The Hall–Kier alpha value is -4.02. The second-order valence-electron chi connectivity index (χ2n) is 8.99. The first-order valence-corrected chi connectivity index (χ1v) is 13.2. The predicted molar refractivity (Wildman–Crippen MR) is 148 cm³/mol. The molecule has 11 heteroatoms. The smallest absolute Gasteiger partial charge is 0.407 e. The monoisotopic (exact) mass is 548 g/mol. The van der Waals surface area contributed by atoms with Crippen LogP contribution in [0.15, 0.2) is 60.8 Å². The lowest BCUT2D eigenvalue weighted by Gasteiger charge is -2.26. The fourth-order valence-electron chi connectivity index (χ4n) is 4.74. The van der Waals surface area contributed by atoms with E-state index in [1.165, 1.54) is 22.4 Å². The molecule has 2 unspecified atom stereocenters. The number of aromatic nitrogens is 3.